The van der Waals surface area contributed by atoms with E-state index >= 15 is 0 Å². The fraction of sp³-hybridized carbons (Fsp3) is 0.625. The molecule has 60 valence electrons. The van der Waals surface area contributed by atoms with Gasteiger partial charge in [-0.15, -0.1) is 6.58 Å². The summed E-state index contributed by atoms with van der Waals surface area (Å²) in [5, 5.41) is 8.08. The molecule has 10 heavy (non-hydrogen) atoms. The van der Waals surface area contributed by atoms with Crippen molar-refractivity contribution in [1.82, 2.24) is 0 Å². The highest BCUT2D eigenvalue weighted by molar-refractivity contribution is 5.66. The van der Waals surface area contributed by atoms with Crippen molar-refractivity contribution in [3.63, 3.8) is 0 Å². The minimum absolute atomic E-state index is 0.275. The molecule has 0 heterocycles. The summed E-state index contributed by atoms with van der Waals surface area (Å²) in [5.74, 6) is -0.438. The number of carbonyl (C=O) groups is 1. The molecular formula is C8H16O2. The highest BCUT2D eigenvalue weighted by atomic mass is 16.4. The second kappa shape index (κ2) is 8.21. The van der Waals surface area contributed by atoms with Gasteiger partial charge >= 0.3 is 5.97 Å². The summed E-state index contributed by atoms with van der Waals surface area (Å²) in [4.78, 5) is 9.81. The number of allylic oxidation sites excluding steroid dienone is 1. The molecule has 2 nitrogen and oxygen atoms in total. The van der Waals surface area contributed by atoms with Gasteiger partial charge in [0.15, 0.2) is 0 Å². The maximum absolute atomic E-state index is 9.81. The molecule has 0 radical (unpaired) electrons. The lowest BCUT2D eigenvalue weighted by molar-refractivity contribution is -0.137. The average Bonchev–Trinajstić information content (AvgIpc) is 1.62. The van der Waals surface area contributed by atoms with Gasteiger partial charge in [0.2, 0.25) is 0 Å². The van der Waals surface area contributed by atoms with Crippen LogP contribution in [-0.4, -0.2) is 11.1 Å². The van der Waals surface area contributed by atoms with Crippen LogP contribution in [0.5, 0.6) is 0 Å². The lowest BCUT2D eigenvalue weighted by atomic mass is 10.1. The average molecular weight is 144 g/mol. The summed E-state index contributed by atoms with van der Waals surface area (Å²) in [5.41, 5.74) is 0. The molecular weight excluding hydrogens is 128 g/mol. The van der Waals surface area contributed by atoms with Crippen molar-refractivity contribution in [1.29, 1.82) is 0 Å². The van der Waals surface area contributed by atoms with Crippen molar-refractivity contribution >= 4 is 5.97 Å². The van der Waals surface area contributed by atoms with Crippen LogP contribution in [0.3, 0.4) is 0 Å². The number of carboxylic acids is 1. The number of hydrogen-bond donors (Lipinski definition) is 1. The van der Waals surface area contributed by atoms with Crippen molar-refractivity contribution in [3.8, 4) is 0 Å². The van der Waals surface area contributed by atoms with Gasteiger partial charge in [-0.1, -0.05) is 19.9 Å². The molecule has 2 heteroatoms. The van der Waals surface area contributed by atoms with Crippen LogP contribution in [0.25, 0.3) is 0 Å². The summed E-state index contributed by atoms with van der Waals surface area (Å²) < 4.78 is 0. The Hall–Kier alpha value is -0.790. The number of hydrogen-bond acceptors (Lipinski definition) is 1. The number of rotatable bonds is 2. The Bertz CT molecular complexity index is 95.4. The molecule has 0 aliphatic carbocycles. The first-order chi connectivity index (χ1) is 4.54. The summed E-state index contributed by atoms with van der Waals surface area (Å²) >= 11 is 0. The molecule has 0 aromatic rings. The summed E-state index contributed by atoms with van der Waals surface area (Å²) in [6, 6.07) is 0. The Morgan fingerprint density at radius 2 is 2.00 bits per heavy atom. The third-order valence-electron chi connectivity index (χ3n) is 0.583. The van der Waals surface area contributed by atoms with Crippen LogP contribution >= 0.6 is 0 Å². The smallest absolute Gasteiger partial charge is 0.303 e. The van der Waals surface area contributed by atoms with Crippen molar-refractivity contribution < 1.29 is 9.90 Å². The fourth-order valence-electron chi connectivity index (χ4n) is 0.349. The molecule has 0 spiro atoms. The van der Waals surface area contributed by atoms with Crippen LogP contribution < -0.4 is 0 Å². The molecule has 0 aliphatic heterocycles. The highest BCUT2D eigenvalue weighted by Gasteiger charge is 1.98. The van der Waals surface area contributed by atoms with E-state index in [1.54, 1.807) is 6.08 Å². The van der Waals surface area contributed by atoms with Crippen LogP contribution in [0.1, 0.15) is 27.2 Å². The quantitative estimate of drug-likeness (QED) is 0.604. The van der Waals surface area contributed by atoms with Gasteiger partial charge in [-0.05, 0) is 12.8 Å². The highest BCUT2D eigenvalue weighted by Crippen LogP contribution is 1.96. The summed E-state index contributed by atoms with van der Waals surface area (Å²) in [7, 11) is 0. The molecule has 0 atom stereocenters. The van der Waals surface area contributed by atoms with Crippen molar-refractivity contribution in [3.05, 3.63) is 12.7 Å². The largest absolute Gasteiger partial charge is 0.481 e. The zero-order valence-corrected chi connectivity index (χ0v) is 6.92. The van der Waals surface area contributed by atoms with Crippen LogP contribution in [0, 0.1) is 5.92 Å². The Morgan fingerprint density at radius 1 is 1.70 bits per heavy atom. The van der Waals surface area contributed by atoms with Crippen molar-refractivity contribution in [2.75, 3.05) is 0 Å². The van der Waals surface area contributed by atoms with Crippen LogP contribution in [0.15, 0.2) is 12.7 Å². The SMILES string of the molecule is C=CC.CC(C)CC(=O)O. The molecule has 0 saturated heterocycles. The van der Waals surface area contributed by atoms with E-state index in [1.807, 2.05) is 20.8 Å². The van der Waals surface area contributed by atoms with Crippen LogP contribution in [-0.2, 0) is 4.79 Å². The summed E-state index contributed by atoms with van der Waals surface area (Å²) in [6.07, 6.45) is 2.03. The van der Waals surface area contributed by atoms with Crippen molar-refractivity contribution in [2.24, 2.45) is 5.92 Å². The number of aliphatic carboxylic acids is 1. The third kappa shape index (κ3) is 27.0. The number of carboxylic acid groups (broad SMARTS) is 1. The van der Waals surface area contributed by atoms with E-state index in [0.717, 1.165) is 0 Å². The normalized spacial score (nSPS) is 8.00. The Morgan fingerprint density at radius 3 is 2.00 bits per heavy atom. The molecule has 0 aromatic heterocycles. The van der Waals surface area contributed by atoms with E-state index in [-0.39, 0.29) is 12.3 Å². The third-order valence-corrected chi connectivity index (χ3v) is 0.583. The van der Waals surface area contributed by atoms with Gasteiger partial charge in [0.1, 0.15) is 0 Å². The van der Waals surface area contributed by atoms with Gasteiger partial charge in [-0.3, -0.25) is 4.79 Å². The molecule has 0 aromatic carbocycles. The van der Waals surface area contributed by atoms with Gasteiger partial charge < -0.3 is 5.11 Å². The zero-order chi connectivity index (χ0) is 8.57. The first-order valence-corrected chi connectivity index (χ1v) is 3.33. The molecule has 0 unspecified atom stereocenters. The minimum atomic E-state index is -0.713. The second-order valence-electron chi connectivity index (χ2n) is 2.40. The maximum Gasteiger partial charge on any atom is 0.303 e. The van der Waals surface area contributed by atoms with Crippen LogP contribution in [0.2, 0.25) is 0 Å². The van der Waals surface area contributed by atoms with Gasteiger partial charge in [-0.2, -0.15) is 0 Å². The zero-order valence-electron chi connectivity index (χ0n) is 6.92. The Kier molecular flexibility index (Phi) is 9.80. The van der Waals surface area contributed by atoms with Gasteiger partial charge in [0, 0.05) is 6.42 Å². The predicted octanol–water partition coefficient (Wildman–Crippen LogP) is 2.31. The van der Waals surface area contributed by atoms with E-state index in [1.165, 1.54) is 0 Å². The molecule has 0 bridgehead atoms. The monoisotopic (exact) mass is 144 g/mol. The van der Waals surface area contributed by atoms with E-state index in [2.05, 4.69) is 6.58 Å². The van der Waals surface area contributed by atoms with Gasteiger partial charge in [0.05, 0.1) is 0 Å². The molecule has 0 saturated carbocycles. The van der Waals surface area contributed by atoms with Gasteiger partial charge in [-0.25, -0.2) is 0 Å². The van der Waals surface area contributed by atoms with Crippen molar-refractivity contribution in [2.45, 2.75) is 27.2 Å². The van der Waals surface area contributed by atoms with Crippen LogP contribution in [0.4, 0.5) is 0 Å². The first-order valence-electron chi connectivity index (χ1n) is 3.33. The molecule has 0 rings (SSSR count). The Balaban J connectivity index is 0. The second-order valence-corrected chi connectivity index (χ2v) is 2.40. The van der Waals surface area contributed by atoms with Gasteiger partial charge in [0.25, 0.3) is 0 Å². The van der Waals surface area contributed by atoms with E-state index in [0.29, 0.717) is 0 Å². The molecule has 0 aliphatic rings. The lowest BCUT2D eigenvalue weighted by Gasteiger charge is -1.94. The molecule has 0 fully saturated rings. The first kappa shape index (κ1) is 11.9. The molecule has 1 N–H and O–H groups in total. The van der Waals surface area contributed by atoms with E-state index < -0.39 is 5.97 Å². The minimum Gasteiger partial charge on any atom is -0.481 e. The maximum atomic E-state index is 9.81. The predicted molar refractivity (Wildman–Crippen MR) is 43.0 cm³/mol. The van der Waals surface area contributed by atoms with E-state index in [9.17, 15) is 4.79 Å². The lowest BCUT2D eigenvalue weighted by Crippen LogP contribution is -1.99. The summed E-state index contributed by atoms with van der Waals surface area (Å²) in [6.45, 7) is 9.02. The van der Waals surface area contributed by atoms with E-state index in [4.69, 9.17) is 5.11 Å². The topological polar surface area (TPSA) is 37.3 Å². The standard InChI is InChI=1S/C5H10O2.C3H6/c1-4(2)3-5(6)7;1-3-2/h4H,3H2,1-2H3,(H,6,7);3H,1H2,2H3. The Labute approximate surface area is 62.6 Å². The fourth-order valence-corrected chi connectivity index (χ4v) is 0.349. The molecule has 0 amide bonds.